The molecule has 0 amide bonds. The first-order valence-corrected chi connectivity index (χ1v) is 8.16. The molecule has 0 aromatic carbocycles. The Balaban J connectivity index is 4.12. The average molecular weight is 350 g/mol. The summed E-state index contributed by atoms with van der Waals surface area (Å²) in [5, 5.41) is 0. The molecule has 0 radical (unpaired) electrons. The summed E-state index contributed by atoms with van der Waals surface area (Å²) in [4.78, 5) is 41.9. The maximum Gasteiger partial charge on any atom is 0.540 e. The van der Waals surface area contributed by atoms with Crippen molar-refractivity contribution in [2.75, 3.05) is 13.2 Å². The van der Waals surface area contributed by atoms with E-state index in [1.807, 2.05) is 13.8 Å². The SMILES string of the molecule is CCCOC(=O)OOC(C)(C)CCC(C)(C)OOC(=O)OCCC. The van der Waals surface area contributed by atoms with Crippen LogP contribution in [0.2, 0.25) is 0 Å². The van der Waals surface area contributed by atoms with Crippen LogP contribution in [-0.4, -0.2) is 36.7 Å². The Labute approximate surface area is 143 Å². The fourth-order valence-corrected chi connectivity index (χ4v) is 1.40. The van der Waals surface area contributed by atoms with Crippen molar-refractivity contribution in [1.82, 2.24) is 0 Å². The molecule has 142 valence electrons. The quantitative estimate of drug-likeness (QED) is 0.309. The number of hydrogen-bond acceptors (Lipinski definition) is 8. The molecule has 0 aliphatic carbocycles. The van der Waals surface area contributed by atoms with Gasteiger partial charge in [-0.25, -0.2) is 9.59 Å². The first kappa shape index (κ1) is 22.5. The van der Waals surface area contributed by atoms with Gasteiger partial charge in [-0.1, -0.05) is 13.8 Å². The van der Waals surface area contributed by atoms with E-state index in [0.29, 0.717) is 25.7 Å². The van der Waals surface area contributed by atoms with Crippen LogP contribution in [0.1, 0.15) is 67.2 Å². The van der Waals surface area contributed by atoms with Crippen molar-refractivity contribution < 1.29 is 38.6 Å². The molecule has 0 heterocycles. The fraction of sp³-hybridized carbons (Fsp3) is 0.875. The number of hydrogen-bond donors (Lipinski definition) is 0. The highest BCUT2D eigenvalue weighted by Gasteiger charge is 2.30. The number of carbonyl (C=O) groups is 2. The van der Waals surface area contributed by atoms with E-state index in [0.717, 1.165) is 0 Å². The van der Waals surface area contributed by atoms with E-state index in [9.17, 15) is 9.59 Å². The van der Waals surface area contributed by atoms with Gasteiger partial charge in [0, 0.05) is 0 Å². The Morgan fingerprint density at radius 1 is 0.708 bits per heavy atom. The predicted octanol–water partition coefficient (Wildman–Crippen LogP) is 4.31. The lowest BCUT2D eigenvalue weighted by Crippen LogP contribution is -2.33. The molecule has 0 aromatic rings. The standard InChI is InChI=1S/C16H30O8/c1-7-11-19-13(17)21-23-15(3,4)9-10-16(5,6)24-22-14(18)20-12-8-2/h7-12H2,1-6H3. The van der Waals surface area contributed by atoms with Gasteiger partial charge in [0.25, 0.3) is 0 Å². The van der Waals surface area contributed by atoms with Crippen molar-refractivity contribution in [3.63, 3.8) is 0 Å². The highest BCUT2D eigenvalue weighted by atomic mass is 17.2. The lowest BCUT2D eigenvalue weighted by Gasteiger charge is -2.28. The highest BCUT2D eigenvalue weighted by molar-refractivity contribution is 5.59. The molecule has 0 saturated heterocycles. The Morgan fingerprint density at radius 3 is 1.33 bits per heavy atom. The fourth-order valence-electron chi connectivity index (χ4n) is 1.40. The van der Waals surface area contributed by atoms with Crippen LogP contribution < -0.4 is 0 Å². The van der Waals surface area contributed by atoms with Gasteiger partial charge < -0.3 is 9.47 Å². The molecule has 0 saturated carbocycles. The summed E-state index contributed by atoms with van der Waals surface area (Å²) in [6.07, 6.45) is 0.614. The second-order valence-corrected chi connectivity index (χ2v) is 6.55. The maximum atomic E-state index is 11.2. The van der Waals surface area contributed by atoms with Crippen LogP contribution in [0.5, 0.6) is 0 Å². The van der Waals surface area contributed by atoms with Gasteiger partial charge in [0.05, 0.1) is 13.2 Å². The summed E-state index contributed by atoms with van der Waals surface area (Å²) < 4.78 is 9.49. The molecule has 0 N–H and O–H groups in total. The lowest BCUT2D eigenvalue weighted by atomic mass is 9.94. The second-order valence-electron chi connectivity index (χ2n) is 6.55. The minimum Gasteiger partial charge on any atom is -0.432 e. The second kappa shape index (κ2) is 11.1. The molecular weight excluding hydrogens is 320 g/mol. The largest absolute Gasteiger partial charge is 0.540 e. The Kier molecular flexibility index (Phi) is 10.4. The molecule has 8 nitrogen and oxygen atoms in total. The van der Waals surface area contributed by atoms with Crippen LogP contribution in [0.25, 0.3) is 0 Å². The first-order chi connectivity index (χ1) is 11.1. The van der Waals surface area contributed by atoms with Gasteiger partial charge in [-0.3, -0.25) is 9.78 Å². The minimum absolute atomic E-state index is 0.273. The molecule has 0 atom stereocenters. The number of rotatable bonds is 11. The van der Waals surface area contributed by atoms with Crippen molar-refractivity contribution >= 4 is 12.3 Å². The van der Waals surface area contributed by atoms with Gasteiger partial charge in [0.1, 0.15) is 11.2 Å². The molecule has 0 spiro atoms. The van der Waals surface area contributed by atoms with Crippen LogP contribution >= 0.6 is 0 Å². The summed E-state index contributed by atoms with van der Waals surface area (Å²) in [7, 11) is 0. The molecule has 0 unspecified atom stereocenters. The van der Waals surface area contributed by atoms with Crippen molar-refractivity contribution in [3.8, 4) is 0 Å². The Hall–Kier alpha value is -1.54. The van der Waals surface area contributed by atoms with Crippen LogP contribution in [0.3, 0.4) is 0 Å². The topological polar surface area (TPSA) is 89.5 Å². The van der Waals surface area contributed by atoms with E-state index >= 15 is 0 Å². The molecule has 0 aliphatic rings. The molecule has 0 rings (SSSR count). The normalized spacial score (nSPS) is 11.8. The zero-order valence-electron chi connectivity index (χ0n) is 15.5. The third-order valence-corrected chi connectivity index (χ3v) is 2.85. The van der Waals surface area contributed by atoms with Gasteiger partial charge in [-0.2, -0.15) is 9.78 Å². The monoisotopic (exact) mass is 350 g/mol. The summed E-state index contributed by atoms with van der Waals surface area (Å²) >= 11 is 0. The van der Waals surface area contributed by atoms with Crippen LogP contribution in [0.15, 0.2) is 0 Å². The zero-order valence-corrected chi connectivity index (χ0v) is 15.5. The summed E-state index contributed by atoms with van der Waals surface area (Å²) in [6, 6.07) is 0. The zero-order chi connectivity index (χ0) is 18.6. The molecule has 8 heteroatoms. The molecule has 0 aliphatic heterocycles. The minimum atomic E-state index is -0.873. The van der Waals surface area contributed by atoms with Gasteiger partial charge in [0.2, 0.25) is 0 Å². The van der Waals surface area contributed by atoms with E-state index in [4.69, 9.17) is 19.2 Å². The van der Waals surface area contributed by atoms with Crippen molar-refractivity contribution in [1.29, 1.82) is 0 Å². The van der Waals surface area contributed by atoms with Crippen molar-refractivity contribution in [2.45, 2.75) is 78.4 Å². The summed E-state index contributed by atoms with van der Waals surface area (Å²) in [5.74, 6) is 0. The molecular formula is C16H30O8. The van der Waals surface area contributed by atoms with Crippen molar-refractivity contribution in [3.05, 3.63) is 0 Å². The summed E-state index contributed by atoms with van der Waals surface area (Å²) in [6.45, 7) is 11.3. The lowest BCUT2D eigenvalue weighted by molar-refractivity contribution is -0.334. The van der Waals surface area contributed by atoms with E-state index in [-0.39, 0.29) is 13.2 Å². The average Bonchev–Trinajstić information content (AvgIpc) is 2.53. The number of carbonyl (C=O) groups excluding carboxylic acids is 2. The first-order valence-electron chi connectivity index (χ1n) is 8.16. The van der Waals surface area contributed by atoms with Crippen LogP contribution in [-0.2, 0) is 29.0 Å². The van der Waals surface area contributed by atoms with E-state index in [1.54, 1.807) is 27.7 Å². The molecule has 24 heavy (non-hydrogen) atoms. The van der Waals surface area contributed by atoms with Crippen LogP contribution in [0.4, 0.5) is 9.59 Å². The Morgan fingerprint density at radius 2 is 1.04 bits per heavy atom. The van der Waals surface area contributed by atoms with Gasteiger partial charge in [-0.15, -0.1) is 0 Å². The predicted molar refractivity (Wildman–Crippen MR) is 85.0 cm³/mol. The van der Waals surface area contributed by atoms with E-state index < -0.39 is 23.5 Å². The van der Waals surface area contributed by atoms with E-state index in [2.05, 4.69) is 9.78 Å². The van der Waals surface area contributed by atoms with Gasteiger partial charge >= 0.3 is 12.3 Å². The third kappa shape index (κ3) is 12.0. The molecule has 0 aromatic heterocycles. The Bertz CT molecular complexity index is 342. The molecule has 0 fully saturated rings. The third-order valence-electron chi connectivity index (χ3n) is 2.85. The number of ether oxygens (including phenoxy) is 2. The van der Waals surface area contributed by atoms with Gasteiger partial charge in [0.15, 0.2) is 0 Å². The van der Waals surface area contributed by atoms with Gasteiger partial charge in [-0.05, 0) is 53.4 Å². The maximum absolute atomic E-state index is 11.2. The van der Waals surface area contributed by atoms with Crippen LogP contribution in [0, 0.1) is 0 Å². The summed E-state index contributed by atoms with van der Waals surface area (Å²) in [5.41, 5.74) is -1.51. The highest BCUT2D eigenvalue weighted by Crippen LogP contribution is 2.25. The molecule has 0 bridgehead atoms. The van der Waals surface area contributed by atoms with E-state index in [1.165, 1.54) is 0 Å². The smallest absolute Gasteiger partial charge is 0.432 e. The van der Waals surface area contributed by atoms with Crippen molar-refractivity contribution in [2.24, 2.45) is 0 Å².